The molecule has 3 fully saturated rings. The Morgan fingerprint density at radius 2 is 2.04 bits per heavy atom. The third-order valence-corrected chi connectivity index (χ3v) is 5.53. The molecule has 4 rings (SSSR count). The van der Waals surface area contributed by atoms with Crippen LogP contribution >= 0.6 is 0 Å². The van der Waals surface area contributed by atoms with Crippen molar-refractivity contribution in [1.82, 2.24) is 25.2 Å². The normalized spacial score (nSPS) is 26.4. The first-order chi connectivity index (χ1) is 12.3. The number of carbonyl (C=O) groups is 1. The number of likely N-dealkylation sites (tertiary alicyclic amines) is 1. The molecule has 2 aliphatic carbocycles. The van der Waals surface area contributed by atoms with Gasteiger partial charge < -0.3 is 5.32 Å². The highest BCUT2D eigenvalue weighted by molar-refractivity contribution is 5.93. The number of carbonyl (C=O) groups excluding carboxylic acids is 1. The fraction of sp³-hybridized carbons (Fsp3) is 0.737. The van der Waals surface area contributed by atoms with Gasteiger partial charge in [-0.3, -0.25) is 14.4 Å². The molecule has 1 aromatic heterocycles. The molecule has 0 bridgehead atoms. The molecule has 6 heteroatoms. The fourth-order valence-corrected chi connectivity index (χ4v) is 3.96. The van der Waals surface area contributed by atoms with Crippen molar-refractivity contribution in [2.24, 2.45) is 11.8 Å². The van der Waals surface area contributed by atoms with Crippen LogP contribution in [0.1, 0.15) is 50.6 Å². The quantitative estimate of drug-likeness (QED) is 0.826. The van der Waals surface area contributed by atoms with Gasteiger partial charge in [0.15, 0.2) is 0 Å². The average Bonchev–Trinajstić information content (AvgIpc) is 2.98. The van der Waals surface area contributed by atoms with E-state index >= 15 is 0 Å². The highest BCUT2D eigenvalue weighted by Crippen LogP contribution is 2.28. The van der Waals surface area contributed by atoms with Gasteiger partial charge in [0.1, 0.15) is 0 Å². The summed E-state index contributed by atoms with van der Waals surface area (Å²) in [7, 11) is 0. The Hall–Kier alpha value is -1.87. The van der Waals surface area contributed by atoms with Gasteiger partial charge in [0.2, 0.25) is 0 Å². The van der Waals surface area contributed by atoms with Crippen LogP contribution in [0.15, 0.2) is 6.20 Å². The highest BCUT2D eigenvalue weighted by Gasteiger charge is 2.29. The number of amides is 1. The maximum atomic E-state index is 12.0. The molecule has 1 saturated heterocycles. The molecule has 1 amide bonds. The third-order valence-electron chi connectivity index (χ3n) is 5.53. The van der Waals surface area contributed by atoms with Crippen LogP contribution in [0.4, 0.5) is 0 Å². The van der Waals surface area contributed by atoms with Crippen molar-refractivity contribution in [3.8, 4) is 11.8 Å². The molecule has 3 aliphatic rings. The molecule has 2 heterocycles. The zero-order chi connectivity index (χ0) is 17.1. The Balaban J connectivity index is 1.29. The molecule has 2 saturated carbocycles. The van der Waals surface area contributed by atoms with Crippen molar-refractivity contribution < 1.29 is 4.79 Å². The Morgan fingerprint density at radius 1 is 1.20 bits per heavy atom. The number of hydrogen-bond acceptors (Lipinski definition) is 4. The summed E-state index contributed by atoms with van der Waals surface area (Å²) in [6.45, 7) is 4.08. The summed E-state index contributed by atoms with van der Waals surface area (Å²) in [4.78, 5) is 14.4. The lowest BCUT2D eigenvalue weighted by atomic mass is 10.0. The van der Waals surface area contributed by atoms with Crippen molar-refractivity contribution in [2.75, 3.05) is 13.1 Å². The maximum Gasteiger partial charge on any atom is 0.296 e. The van der Waals surface area contributed by atoms with E-state index in [0.717, 1.165) is 50.9 Å². The van der Waals surface area contributed by atoms with E-state index in [4.69, 9.17) is 0 Å². The van der Waals surface area contributed by atoms with E-state index in [2.05, 4.69) is 38.6 Å². The molecule has 25 heavy (non-hydrogen) atoms. The van der Waals surface area contributed by atoms with Crippen molar-refractivity contribution in [1.29, 1.82) is 0 Å². The summed E-state index contributed by atoms with van der Waals surface area (Å²) in [6.07, 6.45) is 10.3. The number of hydrogen-bond donors (Lipinski definition) is 1. The minimum Gasteiger partial charge on any atom is -0.342 e. The van der Waals surface area contributed by atoms with Crippen molar-refractivity contribution in [3.63, 3.8) is 0 Å². The van der Waals surface area contributed by atoms with E-state index in [1.807, 2.05) is 4.68 Å². The largest absolute Gasteiger partial charge is 0.342 e. The molecular formula is C19H27N5O. The summed E-state index contributed by atoms with van der Waals surface area (Å²) in [5.41, 5.74) is 1.05. The van der Waals surface area contributed by atoms with Gasteiger partial charge in [-0.25, -0.2) is 0 Å². The third kappa shape index (κ3) is 4.60. The number of nitrogens with one attached hydrogen (secondary N) is 1. The first-order valence-electron chi connectivity index (χ1n) is 9.69. The van der Waals surface area contributed by atoms with Crippen LogP contribution < -0.4 is 5.32 Å². The van der Waals surface area contributed by atoms with Gasteiger partial charge in [-0.05, 0) is 63.5 Å². The first-order valence-corrected chi connectivity index (χ1v) is 9.69. The second-order valence-electron chi connectivity index (χ2n) is 7.73. The van der Waals surface area contributed by atoms with E-state index in [0.29, 0.717) is 11.8 Å². The predicted octanol–water partition coefficient (Wildman–Crippen LogP) is 1.57. The van der Waals surface area contributed by atoms with Crippen molar-refractivity contribution >= 4 is 5.91 Å². The summed E-state index contributed by atoms with van der Waals surface area (Å²) >= 11 is 0. The zero-order valence-electron chi connectivity index (χ0n) is 14.8. The first kappa shape index (κ1) is 16.6. The molecule has 0 aromatic carbocycles. The van der Waals surface area contributed by atoms with Crippen molar-refractivity contribution in [2.45, 2.75) is 64.1 Å². The molecule has 0 spiro atoms. The Kier molecular flexibility index (Phi) is 5.02. The Labute approximate surface area is 149 Å². The van der Waals surface area contributed by atoms with Crippen LogP contribution in [0, 0.1) is 23.7 Å². The molecule has 0 unspecified atom stereocenters. The van der Waals surface area contributed by atoms with Crippen molar-refractivity contribution in [3.05, 3.63) is 11.9 Å². The van der Waals surface area contributed by atoms with E-state index in [9.17, 15) is 4.79 Å². The van der Waals surface area contributed by atoms with Crippen LogP contribution in [0.5, 0.6) is 0 Å². The Bertz CT molecular complexity index is 663. The SMILES string of the molecule is O=C(C#CC1CC1)N[C@@H]1CCC[C@@H]1Cn1cc(CN2CCCC2)nn1. The summed E-state index contributed by atoms with van der Waals surface area (Å²) < 4.78 is 1.95. The summed E-state index contributed by atoms with van der Waals surface area (Å²) in [6, 6.07) is 0.215. The molecule has 6 nitrogen and oxygen atoms in total. The number of rotatable bonds is 5. The van der Waals surface area contributed by atoms with Crippen LogP contribution in [-0.2, 0) is 17.9 Å². The van der Waals surface area contributed by atoms with E-state index in [-0.39, 0.29) is 11.9 Å². The lowest BCUT2D eigenvalue weighted by Crippen LogP contribution is -2.38. The molecular weight excluding hydrogens is 314 g/mol. The van der Waals surface area contributed by atoms with E-state index in [1.54, 1.807) is 0 Å². The van der Waals surface area contributed by atoms with E-state index in [1.165, 1.54) is 25.9 Å². The predicted molar refractivity (Wildman–Crippen MR) is 94.3 cm³/mol. The molecule has 1 aliphatic heterocycles. The van der Waals surface area contributed by atoms with E-state index < -0.39 is 0 Å². The lowest BCUT2D eigenvalue weighted by Gasteiger charge is -2.19. The lowest BCUT2D eigenvalue weighted by molar-refractivity contribution is -0.116. The van der Waals surface area contributed by atoms with Gasteiger partial charge in [-0.1, -0.05) is 17.6 Å². The van der Waals surface area contributed by atoms with Crippen LogP contribution in [0.2, 0.25) is 0 Å². The highest BCUT2D eigenvalue weighted by atomic mass is 16.1. The second kappa shape index (κ2) is 7.57. The number of nitrogens with zero attached hydrogens (tertiary/aromatic N) is 4. The van der Waals surface area contributed by atoms with Crippen LogP contribution in [-0.4, -0.2) is 44.9 Å². The molecule has 1 aromatic rings. The number of aromatic nitrogens is 3. The summed E-state index contributed by atoms with van der Waals surface area (Å²) in [5, 5.41) is 11.7. The van der Waals surface area contributed by atoms with Gasteiger partial charge in [0.05, 0.1) is 5.69 Å². The standard InChI is InChI=1S/C19H27N5O/c25-19(9-8-15-6-7-15)20-18-5-3-4-16(18)12-24-14-17(21-22-24)13-23-10-1-2-11-23/h14-16,18H,1-7,10-13H2,(H,20,25)/t16-,18-/m1/s1. The molecule has 2 atom stereocenters. The van der Waals surface area contributed by atoms with Gasteiger partial charge in [0, 0.05) is 31.2 Å². The maximum absolute atomic E-state index is 12.0. The Morgan fingerprint density at radius 3 is 2.84 bits per heavy atom. The smallest absolute Gasteiger partial charge is 0.296 e. The van der Waals surface area contributed by atoms with Gasteiger partial charge >= 0.3 is 0 Å². The second-order valence-corrected chi connectivity index (χ2v) is 7.73. The minimum atomic E-state index is -0.114. The fourth-order valence-electron chi connectivity index (χ4n) is 3.96. The molecule has 134 valence electrons. The average molecular weight is 341 g/mol. The topological polar surface area (TPSA) is 63.1 Å². The van der Waals surface area contributed by atoms with Crippen LogP contribution in [0.25, 0.3) is 0 Å². The van der Waals surface area contributed by atoms with Gasteiger partial charge in [0.25, 0.3) is 5.91 Å². The molecule has 0 radical (unpaired) electrons. The minimum absolute atomic E-state index is 0.114. The van der Waals surface area contributed by atoms with Gasteiger partial charge in [-0.2, -0.15) is 0 Å². The van der Waals surface area contributed by atoms with Gasteiger partial charge in [-0.15, -0.1) is 5.10 Å². The van der Waals surface area contributed by atoms with Crippen LogP contribution in [0.3, 0.4) is 0 Å². The zero-order valence-corrected chi connectivity index (χ0v) is 14.8. The molecule has 1 N–H and O–H groups in total. The summed E-state index contributed by atoms with van der Waals surface area (Å²) in [5.74, 6) is 6.58. The monoisotopic (exact) mass is 341 g/mol.